The average Bonchev–Trinajstić information content (AvgIpc) is 2.93. The third kappa shape index (κ3) is 2.44. The number of pyridine rings is 1. The number of aromatic nitrogens is 1. The van der Waals surface area contributed by atoms with Crippen molar-refractivity contribution in [3.05, 3.63) is 54.4 Å². The summed E-state index contributed by atoms with van der Waals surface area (Å²) < 4.78 is 0. The molecule has 1 unspecified atom stereocenters. The van der Waals surface area contributed by atoms with Crippen LogP contribution in [0.3, 0.4) is 0 Å². The molecule has 1 aromatic carbocycles. The maximum atomic E-state index is 4.58. The number of nitrogens with zero attached hydrogens (tertiary/aromatic N) is 1. The van der Waals surface area contributed by atoms with Gasteiger partial charge in [-0.25, -0.2) is 0 Å². The van der Waals surface area contributed by atoms with Crippen LogP contribution in [0.2, 0.25) is 0 Å². The summed E-state index contributed by atoms with van der Waals surface area (Å²) in [6, 6.07) is 15.3. The number of benzene rings is 1. The second-order valence-electron chi connectivity index (χ2n) is 4.86. The van der Waals surface area contributed by atoms with Crippen molar-refractivity contribution < 1.29 is 0 Å². The van der Waals surface area contributed by atoms with Crippen LogP contribution in [0.1, 0.15) is 18.5 Å². The fourth-order valence-corrected chi connectivity index (χ4v) is 2.65. The smallest absolute Gasteiger partial charge is 0.0497 e. The van der Waals surface area contributed by atoms with Crippen LogP contribution in [0, 0.1) is 0 Å². The molecule has 1 saturated heterocycles. The predicted molar refractivity (Wildman–Crippen MR) is 74.4 cm³/mol. The minimum atomic E-state index is 0.599. The monoisotopic (exact) mass is 238 g/mol. The quantitative estimate of drug-likeness (QED) is 0.889. The van der Waals surface area contributed by atoms with Gasteiger partial charge in [0.25, 0.3) is 0 Å². The van der Waals surface area contributed by atoms with Gasteiger partial charge in [-0.2, -0.15) is 0 Å². The van der Waals surface area contributed by atoms with Crippen LogP contribution in [0.5, 0.6) is 0 Å². The van der Waals surface area contributed by atoms with Crippen LogP contribution >= 0.6 is 0 Å². The first kappa shape index (κ1) is 11.4. The van der Waals surface area contributed by atoms with Gasteiger partial charge >= 0.3 is 0 Å². The second kappa shape index (κ2) is 5.32. The maximum absolute atomic E-state index is 4.58. The van der Waals surface area contributed by atoms with Gasteiger partial charge in [0.05, 0.1) is 0 Å². The summed E-state index contributed by atoms with van der Waals surface area (Å²) in [5.74, 6) is 0. The molecule has 2 nitrogen and oxygen atoms in total. The van der Waals surface area contributed by atoms with E-state index in [9.17, 15) is 0 Å². The molecule has 2 heteroatoms. The predicted octanol–water partition coefficient (Wildman–Crippen LogP) is 3.04. The Labute approximate surface area is 108 Å². The van der Waals surface area contributed by atoms with E-state index in [-0.39, 0.29) is 0 Å². The van der Waals surface area contributed by atoms with Crippen molar-refractivity contribution in [3.8, 4) is 11.1 Å². The lowest BCUT2D eigenvalue weighted by atomic mass is 9.99. The first-order valence-electron chi connectivity index (χ1n) is 6.66. The fourth-order valence-electron chi connectivity index (χ4n) is 2.65. The Kier molecular flexibility index (Phi) is 3.37. The molecule has 0 aliphatic carbocycles. The van der Waals surface area contributed by atoms with E-state index in [0.29, 0.717) is 6.04 Å². The van der Waals surface area contributed by atoms with Crippen LogP contribution in [-0.4, -0.2) is 17.6 Å². The lowest BCUT2D eigenvalue weighted by molar-refractivity contribution is 0.596. The van der Waals surface area contributed by atoms with E-state index >= 15 is 0 Å². The number of hydrogen-bond acceptors (Lipinski definition) is 2. The summed E-state index contributed by atoms with van der Waals surface area (Å²) in [5.41, 5.74) is 3.74. The highest BCUT2D eigenvalue weighted by Gasteiger charge is 2.17. The van der Waals surface area contributed by atoms with Crippen LogP contribution in [-0.2, 0) is 6.42 Å². The lowest BCUT2D eigenvalue weighted by Crippen LogP contribution is -2.24. The van der Waals surface area contributed by atoms with Crippen LogP contribution in [0.25, 0.3) is 11.1 Å². The molecule has 2 heterocycles. The Morgan fingerprint density at radius 1 is 1.11 bits per heavy atom. The Morgan fingerprint density at radius 2 is 2.00 bits per heavy atom. The van der Waals surface area contributed by atoms with Crippen molar-refractivity contribution in [1.29, 1.82) is 0 Å². The second-order valence-corrected chi connectivity index (χ2v) is 4.86. The molecule has 1 atom stereocenters. The molecule has 0 spiro atoms. The van der Waals surface area contributed by atoms with Crippen LogP contribution in [0.4, 0.5) is 0 Å². The number of hydrogen-bond donors (Lipinski definition) is 1. The standard InChI is InChI=1S/C16H18N2/c1-2-6-13(7-3-1)15-9-5-11-18-16(15)12-14-8-4-10-17-14/h1-3,5-7,9,11,14,17H,4,8,10,12H2. The fraction of sp³-hybridized carbons (Fsp3) is 0.312. The molecule has 1 N–H and O–H groups in total. The van der Waals surface area contributed by atoms with Gasteiger partial charge in [-0.1, -0.05) is 36.4 Å². The SMILES string of the molecule is c1ccc(-c2cccnc2CC2CCCN2)cc1. The van der Waals surface area contributed by atoms with E-state index in [1.165, 1.54) is 29.7 Å². The summed E-state index contributed by atoms with van der Waals surface area (Å²) in [6.07, 6.45) is 5.49. The molecule has 2 aromatic rings. The van der Waals surface area contributed by atoms with E-state index in [2.05, 4.69) is 46.7 Å². The first-order valence-corrected chi connectivity index (χ1v) is 6.66. The van der Waals surface area contributed by atoms with Gasteiger partial charge in [0.1, 0.15) is 0 Å². The molecule has 18 heavy (non-hydrogen) atoms. The zero-order valence-corrected chi connectivity index (χ0v) is 10.5. The van der Waals surface area contributed by atoms with E-state index in [4.69, 9.17) is 0 Å². The molecule has 1 fully saturated rings. The minimum absolute atomic E-state index is 0.599. The summed E-state index contributed by atoms with van der Waals surface area (Å²) in [6.45, 7) is 1.15. The van der Waals surface area contributed by atoms with Crippen molar-refractivity contribution in [1.82, 2.24) is 10.3 Å². The van der Waals surface area contributed by atoms with Gasteiger partial charge in [0.15, 0.2) is 0 Å². The van der Waals surface area contributed by atoms with E-state index in [1.54, 1.807) is 0 Å². The van der Waals surface area contributed by atoms with Crippen molar-refractivity contribution in [3.63, 3.8) is 0 Å². The average molecular weight is 238 g/mol. The Morgan fingerprint density at radius 3 is 2.78 bits per heavy atom. The van der Waals surface area contributed by atoms with Crippen molar-refractivity contribution in [2.75, 3.05) is 6.54 Å². The maximum Gasteiger partial charge on any atom is 0.0497 e. The molecule has 1 aliphatic rings. The van der Waals surface area contributed by atoms with Crippen molar-refractivity contribution in [2.24, 2.45) is 0 Å². The largest absolute Gasteiger partial charge is 0.314 e. The topological polar surface area (TPSA) is 24.9 Å². The number of nitrogens with one attached hydrogen (secondary N) is 1. The lowest BCUT2D eigenvalue weighted by Gasteiger charge is -2.13. The molecule has 1 aromatic heterocycles. The van der Waals surface area contributed by atoms with Gasteiger partial charge in [-0.05, 0) is 31.0 Å². The Balaban J connectivity index is 1.90. The van der Waals surface area contributed by atoms with Crippen molar-refractivity contribution in [2.45, 2.75) is 25.3 Å². The third-order valence-corrected chi connectivity index (χ3v) is 3.58. The van der Waals surface area contributed by atoms with Gasteiger partial charge in [0.2, 0.25) is 0 Å². The Hall–Kier alpha value is -1.67. The highest BCUT2D eigenvalue weighted by Crippen LogP contribution is 2.24. The van der Waals surface area contributed by atoms with Crippen LogP contribution in [0.15, 0.2) is 48.7 Å². The molecular formula is C16H18N2. The molecule has 1 aliphatic heterocycles. The molecule has 0 bridgehead atoms. The summed E-state index contributed by atoms with van der Waals surface area (Å²) in [5, 5.41) is 3.54. The van der Waals surface area contributed by atoms with Gasteiger partial charge in [-0.15, -0.1) is 0 Å². The molecular weight excluding hydrogens is 220 g/mol. The zero-order chi connectivity index (χ0) is 12.2. The third-order valence-electron chi connectivity index (χ3n) is 3.58. The van der Waals surface area contributed by atoms with E-state index in [0.717, 1.165) is 13.0 Å². The van der Waals surface area contributed by atoms with Gasteiger partial charge < -0.3 is 5.32 Å². The zero-order valence-electron chi connectivity index (χ0n) is 10.5. The summed E-state index contributed by atoms with van der Waals surface area (Å²) >= 11 is 0. The molecule has 0 amide bonds. The highest BCUT2D eigenvalue weighted by atomic mass is 14.9. The molecule has 92 valence electrons. The summed E-state index contributed by atoms with van der Waals surface area (Å²) in [7, 11) is 0. The van der Waals surface area contributed by atoms with Gasteiger partial charge in [-0.3, -0.25) is 4.98 Å². The first-order chi connectivity index (χ1) is 8.93. The Bertz CT molecular complexity index is 502. The van der Waals surface area contributed by atoms with E-state index < -0.39 is 0 Å². The van der Waals surface area contributed by atoms with E-state index in [1.807, 2.05) is 12.3 Å². The highest BCUT2D eigenvalue weighted by molar-refractivity contribution is 5.65. The normalized spacial score (nSPS) is 19.0. The molecule has 0 saturated carbocycles. The number of rotatable bonds is 3. The molecule has 0 radical (unpaired) electrons. The van der Waals surface area contributed by atoms with Gasteiger partial charge in [0, 0.05) is 29.9 Å². The summed E-state index contributed by atoms with van der Waals surface area (Å²) in [4.78, 5) is 4.58. The van der Waals surface area contributed by atoms with Crippen molar-refractivity contribution >= 4 is 0 Å². The van der Waals surface area contributed by atoms with Crippen LogP contribution < -0.4 is 5.32 Å². The minimum Gasteiger partial charge on any atom is -0.314 e. The molecule has 3 rings (SSSR count).